The highest BCUT2D eigenvalue weighted by atomic mass is 35.5. The zero-order valence-corrected chi connectivity index (χ0v) is 10.2. The molecule has 0 aliphatic carbocycles. The van der Waals surface area contributed by atoms with Gasteiger partial charge >= 0.3 is 0 Å². The Kier molecular flexibility index (Phi) is 3.86. The molecule has 1 atom stereocenters. The number of rotatable bonds is 2. The van der Waals surface area contributed by atoms with Gasteiger partial charge in [-0.3, -0.25) is 4.79 Å². The highest BCUT2D eigenvalue weighted by molar-refractivity contribution is 6.33. The fraction of sp³-hybridized carbons (Fsp3) is 0.417. The van der Waals surface area contributed by atoms with E-state index in [2.05, 4.69) is 5.32 Å². The third kappa shape index (κ3) is 3.11. The Balaban J connectivity index is 1.99. The molecule has 2 rings (SSSR count). The van der Waals surface area contributed by atoms with Gasteiger partial charge in [-0.1, -0.05) is 11.6 Å². The average Bonchev–Trinajstić information content (AvgIpc) is 2.35. The van der Waals surface area contributed by atoms with Crippen LogP contribution in [-0.4, -0.2) is 18.6 Å². The fourth-order valence-electron chi connectivity index (χ4n) is 1.79. The first-order valence-electron chi connectivity index (χ1n) is 5.64. The van der Waals surface area contributed by atoms with E-state index in [1.165, 1.54) is 0 Å². The van der Waals surface area contributed by atoms with Gasteiger partial charge in [-0.15, -0.1) is 0 Å². The first-order valence-corrected chi connectivity index (χ1v) is 6.02. The lowest BCUT2D eigenvalue weighted by atomic mass is 10.1. The lowest BCUT2D eigenvalue weighted by Gasteiger charge is -2.21. The minimum absolute atomic E-state index is 0.119. The predicted octanol–water partition coefficient (Wildman–Crippen LogP) is 2.43. The van der Waals surface area contributed by atoms with Crippen molar-refractivity contribution in [1.82, 2.24) is 0 Å². The van der Waals surface area contributed by atoms with Crippen molar-refractivity contribution in [2.45, 2.75) is 25.4 Å². The molecule has 1 aliphatic heterocycles. The highest BCUT2D eigenvalue weighted by Gasteiger charge is 2.21. The van der Waals surface area contributed by atoms with Crippen LogP contribution in [0.3, 0.4) is 0 Å². The summed E-state index contributed by atoms with van der Waals surface area (Å²) in [5.74, 6) is -0.119. The lowest BCUT2D eigenvalue weighted by Crippen LogP contribution is -2.33. The molecule has 0 aromatic heterocycles. The number of hydrogen-bond acceptors (Lipinski definition) is 3. The molecule has 1 amide bonds. The maximum atomic E-state index is 11.9. The summed E-state index contributed by atoms with van der Waals surface area (Å²) in [6, 6.07) is 5.02. The number of ether oxygens (including phenoxy) is 1. The van der Waals surface area contributed by atoms with Crippen molar-refractivity contribution in [2.24, 2.45) is 0 Å². The number of nitrogens with one attached hydrogen (secondary N) is 1. The smallest absolute Gasteiger partial charge is 0.253 e. The van der Waals surface area contributed by atoms with E-state index in [1.54, 1.807) is 18.2 Å². The first-order chi connectivity index (χ1) is 8.16. The average molecular weight is 255 g/mol. The molecular formula is C12H15ClN2O2. The number of nitrogen functional groups attached to an aromatic ring is 1. The topological polar surface area (TPSA) is 64.3 Å². The Morgan fingerprint density at radius 2 is 2.29 bits per heavy atom. The van der Waals surface area contributed by atoms with E-state index in [0.29, 0.717) is 23.0 Å². The Morgan fingerprint density at radius 3 is 2.94 bits per heavy atom. The summed E-state index contributed by atoms with van der Waals surface area (Å²) in [7, 11) is 0. The molecule has 1 aromatic carbocycles. The zero-order chi connectivity index (χ0) is 12.3. The Labute approximate surface area is 105 Å². The van der Waals surface area contributed by atoms with Crippen molar-refractivity contribution in [2.75, 3.05) is 17.7 Å². The van der Waals surface area contributed by atoms with Crippen LogP contribution in [-0.2, 0) is 9.53 Å². The van der Waals surface area contributed by atoms with E-state index in [1.807, 2.05) is 0 Å². The summed E-state index contributed by atoms with van der Waals surface area (Å²) >= 11 is 5.80. The highest BCUT2D eigenvalue weighted by Crippen LogP contribution is 2.23. The predicted molar refractivity (Wildman–Crippen MR) is 68.1 cm³/mol. The molecule has 4 nitrogen and oxygen atoms in total. The van der Waals surface area contributed by atoms with E-state index in [-0.39, 0.29) is 12.0 Å². The summed E-state index contributed by atoms with van der Waals surface area (Å²) in [6.45, 7) is 0.654. The van der Waals surface area contributed by atoms with Crippen LogP contribution in [0.15, 0.2) is 18.2 Å². The summed E-state index contributed by atoms with van der Waals surface area (Å²) in [5, 5.41) is 3.26. The van der Waals surface area contributed by atoms with Gasteiger partial charge in [0, 0.05) is 12.3 Å². The molecule has 1 aliphatic rings. The van der Waals surface area contributed by atoms with E-state index in [9.17, 15) is 4.79 Å². The summed E-state index contributed by atoms with van der Waals surface area (Å²) in [4.78, 5) is 11.9. The second kappa shape index (κ2) is 5.38. The molecule has 0 saturated carbocycles. The van der Waals surface area contributed by atoms with E-state index < -0.39 is 0 Å². The summed E-state index contributed by atoms with van der Waals surface area (Å²) in [5.41, 5.74) is 6.76. The van der Waals surface area contributed by atoms with Crippen LogP contribution in [0.5, 0.6) is 0 Å². The van der Waals surface area contributed by atoms with Gasteiger partial charge in [-0.25, -0.2) is 0 Å². The number of nitrogens with two attached hydrogens (primary N) is 1. The second-order valence-electron chi connectivity index (χ2n) is 4.08. The Bertz CT molecular complexity index is 417. The number of hydrogen-bond donors (Lipinski definition) is 2. The molecule has 1 saturated heterocycles. The number of amides is 1. The molecule has 0 radical (unpaired) electrons. The van der Waals surface area contributed by atoms with E-state index in [4.69, 9.17) is 22.1 Å². The first kappa shape index (κ1) is 12.2. The largest absolute Gasteiger partial charge is 0.397 e. The number of benzene rings is 1. The molecule has 17 heavy (non-hydrogen) atoms. The SMILES string of the molecule is Nc1cc(NC(=O)C2CCCCO2)ccc1Cl. The number of carbonyl (C=O) groups excluding carboxylic acids is 1. The van der Waals surface area contributed by atoms with Crippen LogP contribution in [0.2, 0.25) is 5.02 Å². The molecule has 5 heteroatoms. The van der Waals surface area contributed by atoms with E-state index in [0.717, 1.165) is 19.3 Å². The van der Waals surface area contributed by atoms with Crippen LogP contribution >= 0.6 is 11.6 Å². The number of carbonyl (C=O) groups is 1. The molecule has 1 heterocycles. The van der Waals surface area contributed by atoms with Crippen LogP contribution < -0.4 is 11.1 Å². The van der Waals surface area contributed by atoms with Gasteiger partial charge in [-0.05, 0) is 37.5 Å². The fourth-order valence-corrected chi connectivity index (χ4v) is 1.91. The van der Waals surface area contributed by atoms with Gasteiger partial charge in [-0.2, -0.15) is 0 Å². The van der Waals surface area contributed by atoms with Crippen LogP contribution in [0, 0.1) is 0 Å². The third-order valence-corrected chi connectivity index (χ3v) is 3.08. The molecule has 1 unspecified atom stereocenters. The van der Waals surface area contributed by atoms with Crippen molar-refractivity contribution in [3.05, 3.63) is 23.2 Å². The normalized spacial score (nSPS) is 19.9. The van der Waals surface area contributed by atoms with Crippen molar-refractivity contribution in [1.29, 1.82) is 0 Å². The zero-order valence-electron chi connectivity index (χ0n) is 9.41. The molecule has 0 bridgehead atoms. The van der Waals surface area contributed by atoms with Crippen LogP contribution in [0.25, 0.3) is 0 Å². The molecule has 3 N–H and O–H groups in total. The standard InChI is InChI=1S/C12H15ClN2O2/c13-9-5-4-8(7-10(9)14)15-12(16)11-3-1-2-6-17-11/h4-5,7,11H,1-3,6,14H2,(H,15,16). The second-order valence-corrected chi connectivity index (χ2v) is 4.49. The van der Waals surface area contributed by atoms with Crippen LogP contribution in [0.4, 0.5) is 11.4 Å². The molecule has 1 fully saturated rings. The van der Waals surface area contributed by atoms with Gasteiger partial charge in [0.05, 0.1) is 10.7 Å². The van der Waals surface area contributed by atoms with Gasteiger partial charge < -0.3 is 15.8 Å². The molecular weight excluding hydrogens is 240 g/mol. The maximum Gasteiger partial charge on any atom is 0.253 e. The van der Waals surface area contributed by atoms with Crippen LogP contribution in [0.1, 0.15) is 19.3 Å². The van der Waals surface area contributed by atoms with Gasteiger partial charge in [0.2, 0.25) is 0 Å². The summed E-state index contributed by atoms with van der Waals surface area (Å²) in [6.07, 6.45) is 2.48. The quantitative estimate of drug-likeness (QED) is 0.797. The summed E-state index contributed by atoms with van der Waals surface area (Å²) < 4.78 is 5.40. The Hall–Kier alpha value is -1.26. The maximum absolute atomic E-state index is 11.9. The van der Waals surface area contributed by atoms with Gasteiger partial charge in [0.15, 0.2) is 0 Å². The molecule has 0 spiro atoms. The molecule has 92 valence electrons. The minimum Gasteiger partial charge on any atom is -0.397 e. The van der Waals surface area contributed by atoms with Crippen molar-refractivity contribution in [3.63, 3.8) is 0 Å². The monoisotopic (exact) mass is 254 g/mol. The van der Waals surface area contributed by atoms with Crippen molar-refractivity contribution < 1.29 is 9.53 Å². The van der Waals surface area contributed by atoms with Crippen molar-refractivity contribution >= 4 is 28.9 Å². The number of halogens is 1. The lowest BCUT2D eigenvalue weighted by molar-refractivity contribution is -0.129. The van der Waals surface area contributed by atoms with Gasteiger partial charge in [0.25, 0.3) is 5.91 Å². The van der Waals surface area contributed by atoms with Crippen molar-refractivity contribution in [3.8, 4) is 0 Å². The van der Waals surface area contributed by atoms with Gasteiger partial charge in [0.1, 0.15) is 6.10 Å². The minimum atomic E-state index is -0.347. The molecule has 1 aromatic rings. The number of anilines is 2. The Morgan fingerprint density at radius 1 is 1.47 bits per heavy atom. The van der Waals surface area contributed by atoms with E-state index >= 15 is 0 Å². The third-order valence-electron chi connectivity index (χ3n) is 2.74.